The standard InChI is InChI=1S/C21H22N8O7S3/c1-21(2,3)19(33)36-8-35-18(32)13-9(4-5-10-7-38-28-25-10)6-37-17-12(16(31)29(13)17)23-15(30)11(26-34)14-24-20(22)39-27-14/h4-5,7,12,17,34H,6,8H2,1-3H3,(H,23,30)(H2,22,24,27)/b5-4+,26-11+/t12-,17-/m1/s1. The van der Waals surface area contributed by atoms with Gasteiger partial charge in [-0.3, -0.25) is 19.3 Å². The van der Waals surface area contributed by atoms with Crippen molar-refractivity contribution in [2.75, 3.05) is 18.3 Å². The molecule has 0 unspecified atom stereocenters. The normalized spacial score (nSPS) is 19.5. The Labute approximate surface area is 233 Å². The topological polar surface area (TPSA) is 212 Å². The summed E-state index contributed by atoms with van der Waals surface area (Å²) in [6.45, 7) is 4.31. The molecule has 2 amide bonds. The number of hydrogen-bond donors (Lipinski definition) is 3. The molecule has 4 N–H and O–H groups in total. The lowest BCUT2D eigenvalue weighted by molar-refractivity contribution is -0.173. The van der Waals surface area contributed by atoms with E-state index in [1.165, 1.54) is 16.7 Å². The Balaban J connectivity index is 1.52. The zero-order valence-electron chi connectivity index (χ0n) is 20.7. The van der Waals surface area contributed by atoms with Gasteiger partial charge in [0.05, 0.1) is 11.1 Å². The molecule has 18 heteroatoms. The summed E-state index contributed by atoms with van der Waals surface area (Å²) in [6.07, 6.45) is 3.25. The van der Waals surface area contributed by atoms with Crippen molar-refractivity contribution in [2.45, 2.75) is 32.2 Å². The van der Waals surface area contributed by atoms with Gasteiger partial charge in [0.2, 0.25) is 18.3 Å². The van der Waals surface area contributed by atoms with Gasteiger partial charge in [0, 0.05) is 22.7 Å². The number of anilines is 1. The van der Waals surface area contributed by atoms with Crippen molar-refractivity contribution in [2.24, 2.45) is 10.6 Å². The predicted molar refractivity (Wildman–Crippen MR) is 140 cm³/mol. The van der Waals surface area contributed by atoms with Gasteiger partial charge >= 0.3 is 11.9 Å². The van der Waals surface area contributed by atoms with E-state index in [-0.39, 0.29) is 22.4 Å². The van der Waals surface area contributed by atoms with E-state index in [1.807, 2.05) is 0 Å². The number of oxime groups is 1. The van der Waals surface area contributed by atoms with Crippen LogP contribution in [0.25, 0.3) is 6.08 Å². The molecule has 1 saturated heterocycles. The largest absolute Gasteiger partial charge is 0.427 e. The molecular formula is C21H22N8O7S3. The first-order valence-electron chi connectivity index (χ1n) is 11.1. The van der Waals surface area contributed by atoms with E-state index < -0.39 is 53.1 Å². The number of carbonyl (C=O) groups is 4. The van der Waals surface area contributed by atoms with Crippen LogP contribution in [0.15, 0.2) is 27.9 Å². The van der Waals surface area contributed by atoms with Crippen molar-refractivity contribution in [3.05, 3.63) is 34.2 Å². The zero-order valence-corrected chi connectivity index (χ0v) is 23.1. The summed E-state index contributed by atoms with van der Waals surface area (Å²) in [5.74, 6) is -2.91. The first-order valence-corrected chi connectivity index (χ1v) is 13.8. The van der Waals surface area contributed by atoms with Gasteiger partial charge in [-0.05, 0) is 44.0 Å². The number of ether oxygens (including phenoxy) is 2. The molecule has 15 nitrogen and oxygen atoms in total. The van der Waals surface area contributed by atoms with Crippen LogP contribution in [0, 0.1) is 5.41 Å². The van der Waals surface area contributed by atoms with Crippen LogP contribution in [0.3, 0.4) is 0 Å². The highest BCUT2D eigenvalue weighted by molar-refractivity contribution is 8.00. The molecule has 0 saturated carbocycles. The van der Waals surface area contributed by atoms with E-state index in [4.69, 9.17) is 15.2 Å². The molecule has 2 aliphatic rings. The molecule has 0 bridgehead atoms. The first-order chi connectivity index (χ1) is 18.5. The van der Waals surface area contributed by atoms with Gasteiger partial charge in [0.1, 0.15) is 17.1 Å². The molecule has 2 aromatic rings. The Bertz CT molecular complexity index is 1380. The number of nitrogens with zero attached hydrogens (tertiary/aromatic N) is 6. The average Bonchev–Trinajstić information content (AvgIpc) is 3.57. The van der Waals surface area contributed by atoms with Crippen LogP contribution < -0.4 is 11.1 Å². The number of fused-ring (bicyclic) bond motifs is 1. The molecule has 4 rings (SSSR count). The van der Waals surface area contributed by atoms with Gasteiger partial charge in [-0.1, -0.05) is 15.7 Å². The smallest absolute Gasteiger partial charge is 0.358 e. The van der Waals surface area contributed by atoms with Crippen LogP contribution in [-0.4, -0.2) is 82.5 Å². The van der Waals surface area contributed by atoms with Crippen molar-refractivity contribution in [3.8, 4) is 0 Å². The van der Waals surface area contributed by atoms with Crippen LogP contribution in [0.4, 0.5) is 5.13 Å². The Hall–Kier alpha value is -3.90. The van der Waals surface area contributed by atoms with Gasteiger partial charge in [-0.25, -0.2) is 4.79 Å². The summed E-state index contributed by atoms with van der Waals surface area (Å²) < 4.78 is 17.8. The summed E-state index contributed by atoms with van der Waals surface area (Å²) in [4.78, 5) is 56.0. The number of amides is 2. The molecule has 0 radical (unpaired) electrons. The van der Waals surface area contributed by atoms with E-state index in [1.54, 1.807) is 38.3 Å². The number of β-lactam (4-membered cyclic amide) rings is 1. The lowest BCUT2D eigenvalue weighted by atomic mass is 9.98. The lowest BCUT2D eigenvalue weighted by Crippen LogP contribution is -2.71. The fourth-order valence-electron chi connectivity index (χ4n) is 3.34. The van der Waals surface area contributed by atoms with E-state index in [0.717, 1.165) is 23.1 Å². The highest BCUT2D eigenvalue weighted by Crippen LogP contribution is 2.41. The van der Waals surface area contributed by atoms with E-state index in [0.29, 0.717) is 11.3 Å². The second kappa shape index (κ2) is 11.5. The SMILES string of the molecule is CC(C)(C)C(=O)OCOC(=O)C1=C(/C=C/c2csnn2)CS[C@@H]2[C@H](NC(=O)/C(=N/O)c3nsc(N)n3)C(=O)N12. The van der Waals surface area contributed by atoms with Crippen molar-refractivity contribution < 1.29 is 33.9 Å². The number of thioether (sulfide) groups is 1. The highest BCUT2D eigenvalue weighted by Gasteiger charge is 2.54. The van der Waals surface area contributed by atoms with Crippen molar-refractivity contribution >= 4 is 75.5 Å². The number of esters is 2. The van der Waals surface area contributed by atoms with Crippen molar-refractivity contribution in [1.82, 2.24) is 29.2 Å². The van der Waals surface area contributed by atoms with Crippen LogP contribution in [0.2, 0.25) is 0 Å². The molecule has 0 aliphatic carbocycles. The lowest BCUT2D eigenvalue weighted by Gasteiger charge is -2.49. The number of aromatic nitrogens is 4. The molecule has 2 aromatic heterocycles. The van der Waals surface area contributed by atoms with Gasteiger partial charge in [0.15, 0.2) is 5.13 Å². The molecule has 2 aliphatic heterocycles. The van der Waals surface area contributed by atoms with Crippen LogP contribution in [0.1, 0.15) is 32.3 Å². The number of nitrogens with two attached hydrogens (primary N) is 1. The summed E-state index contributed by atoms with van der Waals surface area (Å²) in [5.41, 5.74) is 5.15. The third-order valence-electron chi connectivity index (χ3n) is 5.27. The molecular weight excluding hydrogens is 572 g/mol. The summed E-state index contributed by atoms with van der Waals surface area (Å²) >= 11 is 3.24. The maximum atomic E-state index is 13.2. The van der Waals surface area contributed by atoms with E-state index in [9.17, 15) is 24.4 Å². The average molecular weight is 595 g/mol. The Morgan fingerprint density at radius 3 is 2.69 bits per heavy atom. The fourth-order valence-corrected chi connectivity index (χ4v) is 5.52. The maximum Gasteiger partial charge on any atom is 0.358 e. The number of hydrogen-bond acceptors (Lipinski definition) is 16. The first kappa shape index (κ1) is 28.1. The minimum Gasteiger partial charge on any atom is -0.427 e. The van der Waals surface area contributed by atoms with Gasteiger partial charge in [-0.15, -0.1) is 16.9 Å². The second-order valence-electron chi connectivity index (χ2n) is 9.03. The van der Waals surface area contributed by atoms with Gasteiger partial charge in [0.25, 0.3) is 11.8 Å². The maximum absolute atomic E-state index is 13.2. The van der Waals surface area contributed by atoms with Gasteiger partial charge < -0.3 is 25.7 Å². The predicted octanol–water partition coefficient (Wildman–Crippen LogP) is 0.608. The number of nitrogen functional groups attached to an aromatic ring is 1. The molecule has 4 heterocycles. The molecule has 1 fully saturated rings. The molecule has 206 valence electrons. The number of nitrogens with one attached hydrogen (secondary N) is 1. The van der Waals surface area contributed by atoms with Crippen LogP contribution in [-0.2, 0) is 28.7 Å². The van der Waals surface area contributed by atoms with Gasteiger partial charge in [-0.2, -0.15) is 9.36 Å². The third kappa shape index (κ3) is 6.07. The summed E-state index contributed by atoms with van der Waals surface area (Å²) in [6, 6.07) is -1.05. The summed E-state index contributed by atoms with van der Waals surface area (Å²) in [5, 5.41) is 19.7. The fraction of sp³-hybridized carbons (Fsp3) is 0.381. The van der Waals surface area contributed by atoms with Crippen molar-refractivity contribution in [3.63, 3.8) is 0 Å². The Kier molecular flexibility index (Phi) is 8.26. The van der Waals surface area contributed by atoms with Crippen LogP contribution in [0.5, 0.6) is 0 Å². The van der Waals surface area contributed by atoms with Crippen LogP contribution >= 0.6 is 34.8 Å². The van der Waals surface area contributed by atoms with E-state index >= 15 is 0 Å². The molecule has 2 atom stereocenters. The molecule has 0 spiro atoms. The number of carbonyl (C=O) groups excluding carboxylic acids is 4. The number of rotatable bonds is 8. The quantitative estimate of drug-likeness (QED) is 0.0955. The number of allylic oxidation sites excluding steroid dienone is 1. The second-order valence-corrected chi connectivity index (χ2v) is 11.5. The zero-order chi connectivity index (χ0) is 28.3. The minimum absolute atomic E-state index is 0.0585. The molecule has 0 aromatic carbocycles. The Morgan fingerprint density at radius 2 is 2.08 bits per heavy atom. The van der Waals surface area contributed by atoms with E-state index in [2.05, 4.69) is 29.4 Å². The third-order valence-corrected chi connectivity index (χ3v) is 7.64. The summed E-state index contributed by atoms with van der Waals surface area (Å²) in [7, 11) is 0. The molecule has 39 heavy (non-hydrogen) atoms. The minimum atomic E-state index is -1.05. The Morgan fingerprint density at radius 1 is 1.31 bits per heavy atom. The monoisotopic (exact) mass is 594 g/mol. The van der Waals surface area contributed by atoms with Crippen molar-refractivity contribution in [1.29, 1.82) is 0 Å². The highest BCUT2D eigenvalue weighted by atomic mass is 32.2.